The van der Waals surface area contributed by atoms with Crippen LogP contribution in [-0.4, -0.2) is 60.1 Å². The van der Waals surface area contributed by atoms with E-state index in [1.165, 1.54) is 41.8 Å². The van der Waals surface area contributed by atoms with Crippen molar-refractivity contribution < 1.29 is 4.79 Å². The predicted molar refractivity (Wildman–Crippen MR) is 167 cm³/mol. The van der Waals surface area contributed by atoms with E-state index in [1.807, 2.05) is 21.9 Å². The molecule has 1 aromatic carbocycles. The van der Waals surface area contributed by atoms with Crippen molar-refractivity contribution in [1.29, 1.82) is 0 Å². The summed E-state index contributed by atoms with van der Waals surface area (Å²) in [5, 5.41) is 9.57. The molecule has 2 amide bonds. The summed E-state index contributed by atoms with van der Waals surface area (Å²) in [6.45, 7) is 13.9. The topological polar surface area (TPSA) is 64.4 Å². The Morgan fingerprint density at radius 2 is 1.54 bits per heavy atom. The molecule has 4 rings (SSSR count). The van der Waals surface area contributed by atoms with Crippen molar-refractivity contribution in [2.45, 2.75) is 66.2 Å². The maximum Gasteiger partial charge on any atom is 0.320 e. The number of fused-ring (bicyclic) bond motifs is 1. The highest BCUT2D eigenvalue weighted by Crippen LogP contribution is 2.36. The lowest BCUT2D eigenvalue weighted by Crippen LogP contribution is -2.50. The van der Waals surface area contributed by atoms with Crippen LogP contribution < -0.4 is 4.90 Å². The monoisotopic (exact) mass is 566 g/mol. The van der Waals surface area contributed by atoms with Gasteiger partial charge in [-0.1, -0.05) is 51.9 Å². The predicted octanol–water partition coefficient (Wildman–Crippen LogP) is 9.12. The number of thiazole rings is 1. The summed E-state index contributed by atoms with van der Waals surface area (Å²) in [6.07, 6.45) is 9.00. The molecule has 39 heavy (non-hydrogen) atoms. The number of azo groups is 1. The Kier molecular flexibility index (Phi) is 10.9. The Morgan fingerprint density at radius 3 is 2.10 bits per heavy atom. The minimum Gasteiger partial charge on any atom is -0.372 e. The Balaban J connectivity index is 1.42. The normalized spacial score (nSPS) is 14.3. The lowest BCUT2D eigenvalue weighted by molar-refractivity contribution is 0.146. The molecule has 0 unspecified atom stereocenters. The second-order valence-corrected chi connectivity index (χ2v) is 12.2. The van der Waals surface area contributed by atoms with E-state index in [2.05, 4.69) is 67.1 Å². The summed E-state index contributed by atoms with van der Waals surface area (Å²) in [5.41, 5.74) is 3.37. The van der Waals surface area contributed by atoms with Gasteiger partial charge < -0.3 is 14.7 Å². The molecule has 0 N–H and O–H groups in total. The first kappa shape index (κ1) is 29.2. The second kappa shape index (κ2) is 14.6. The molecule has 1 fully saturated rings. The maximum atomic E-state index is 12.7. The van der Waals surface area contributed by atoms with Gasteiger partial charge in [-0.05, 0) is 67.7 Å². The highest BCUT2D eigenvalue weighted by Gasteiger charge is 2.27. The molecule has 3 heterocycles. The van der Waals surface area contributed by atoms with Crippen LogP contribution in [0.2, 0.25) is 0 Å². The number of anilines is 1. The zero-order valence-corrected chi connectivity index (χ0v) is 25.5. The van der Waals surface area contributed by atoms with Crippen molar-refractivity contribution >= 4 is 60.8 Å². The van der Waals surface area contributed by atoms with Crippen LogP contribution in [0.3, 0.4) is 0 Å². The number of benzene rings is 1. The third-order valence-corrected chi connectivity index (χ3v) is 8.78. The molecule has 7 nitrogen and oxygen atoms in total. The average molecular weight is 567 g/mol. The van der Waals surface area contributed by atoms with Gasteiger partial charge in [-0.15, -0.1) is 21.6 Å². The van der Waals surface area contributed by atoms with Gasteiger partial charge in [0.25, 0.3) is 0 Å². The molecule has 1 aliphatic rings. The highest BCUT2D eigenvalue weighted by molar-refractivity contribution is 7.29. The van der Waals surface area contributed by atoms with Gasteiger partial charge in [-0.2, -0.15) is 0 Å². The minimum atomic E-state index is 0.166. The standard InChI is InChI=1S/C30H42N6OS2/c1-5-9-17-34(18-10-6-2)25-13-11-24(12-14-25)32-33-29-31-28-27(39-29)20-26(38-28)19-23-21-35(15-7-3)30(37)36(22-23)16-8-4/h11-14,19-20H,5-10,15-18,21-22H2,1-4H3/b33-32+. The van der Waals surface area contributed by atoms with Crippen LogP contribution in [0.25, 0.3) is 15.6 Å². The van der Waals surface area contributed by atoms with Gasteiger partial charge in [0.1, 0.15) is 4.83 Å². The summed E-state index contributed by atoms with van der Waals surface area (Å²) in [5.74, 6) is 0. The van der Waals surface area contributed by atoms with Crippen molar-refractivity contribution in [2.24, 2.45) is 10.2 Å². The van der Waals surface area contributed by atoms with E-state index in [4.69, 9.17) is 4.98 Å². The third kappa shape index (κ3) is 7.88. The van der Waals surface area contributed by atoms with Gasteiger partial charge in [-0.25, -0.2) is 9.78 Å². The highest BCUT2D eigenvalue weighted by atomic mass is 32.1. The third-order valence-electron chi connectivity index (χ3n) is 6.79. The fraction of sp³-hybridized carbons (Fsp3) is 0.533. The summed E-state index contributed by atoms with van der Waals surface area (Å²) in [7, 11) is 0. The molecule has 9 heteroatoms. The number of hydrogen-bond donors (Lipinski definition) is 0. The molecule has 0 saturated carbocycles. The van der Waals surface area contributed by atoms with E-state index in [0.29, 0.717) is 18.2 Å². The molecule has 0 radical (unpaired) electrons. The molecule has 1 aliphatic heterocycles. The van der Waals surface area contributed by atoms with Crippen molar-refractivity contribution in [3.63, 3.8) is 0 Å². The Hall–Kier alpha value is -2.78. The Bertz CT molecular complexity index is 1200. The Labute approximate surface area is 241 Å². The molecular weight excluding hydrogens is 525 g/mol. The quantitative estimate of drug-likeness (QED) is 0.183. The smallest absolute Gasteiger partial charge is 0.320 e. The van der Waals surface area contributed by atoms with E-state index in [0.717, 1.165) is 54.2 Å². The largest absolute Gasteiger partial charge is 0.372 e. The number of nitrogens with zero attached hydrogens (tertiary/aromatic N) is 6. The zero-order valence-electron chi connectivity index (χ0n) is 23.9. The molecular formula is C30H42N6OS2. The van der Waals surface area contributed by atoms with Gasteiger partial charge in [-0.3, -0.25) is 0 Å². The van der Waals surface area contributed by atoms with Gasteiger partial charge in [0.2, 0.25) is 5.13 Å². The first-order valence-corrected chi connectivity index (χ1v) is 16.1. The number of amides is 2. The first-order valence-electron chi connectivity index (χ1n) is 14.4. The van der Waals surface area contributed by atoms with Gasteiger partial charge in [0.15, 0.2) is 0 Å². The second-order valence-electron chi connectivity index (χ2n) is 10.2. The minimum absolute atomic E-state index is 0.166. The van der Waals surface area contributed by atoms with Crippen molar-refractivity contribution in [3.8, 4) is 0 Å². The van der Waals surface area contributed by atoms with Gasteiger partial charge in [0.05, 0.1) is 10.4 Å². The average Bonchev–Trinajstić information content (AvgIpc) is 3.49. The lowest BCUT2D eigenvalue weighted by Gasteiger charge is -2.37. The molecule has 2 aromatic heterocycles. The maximum absolute atomic E-state index is 12.7. The van der Waals surface area contributed by atoms with E-state index in [1.54, 1.807) is 22.7 Å². The van der Waals surface area contributed by atoms with Gasteiger partial charge in [0, 0.05) is 49.8 Å². The van der Waals surface area contributed by atoms with Crippen molar-refractivity contribution in [3.05, 3.63) is 40.8 Å². The number of thiophene rings is 1. The Morgan fingerprint density at radius 1 is 0.897 bits per heavy atom. The van der Waals surface area contributed by atoms with Gasteiger partial charge >= 0.3 is 6.03 Å². The number of rotatable bonds is 14. The van der Waals surface area contributed by atoms with Crippen molar-refractivity contribution in [2.75, 3.05) is 44.2 Å². The molecule has 0 spiro atoms. The number of carbonyl (C=O) groups excluding carboxylic acids is 1. The fourth-order valence-electron chi connectivity index (χ4n) is 4.81. The van der Waals surface area contributed by atoms with Crippen LogP contribution in [0.4, 0.5) is 21.3 Å². The van der Waals surface area contributed by atoms with Crippen LogP contribution in [0.1, 0.15) is 71.1 Å². The van der Waals surface area contributed by atoms with Crippen LogP contribution in [0.15, 0.2) is 46.1 Å². The van der Waals surface area contributed by atoms with Crippen LogP contribution in [0, 0.1) is 0 Å². The fourth-order valence-corrected chi connectivity index (χ4v) is 6.84. The number of hydrogen-bond acceptors (Lipinski definition) is 7. The van der Waals surface area contributed by atoms with Crippen LogP contribution in [-0.2, 0) is 0 Å². The van der Waals surface area contributed by atoms with E-state index < -0.39 is 0 Å². The number of carbonyl (C=O) groups is 1. The SMILES string of the molecule is CCCCN(CCCC)c1ccc(/N=N/c2nc3sc(C=C4CN(CCC)C(=O)N(CCC)C4)cc3s2)cc1. The van der Waals surface area contributed by atoms with E-state index in [9.17, 15) is 4.79 Å². The van der Waals surface area contributed by atoms with E-state index in [-0.39, 0.29) is 6.03 Å². The number of urea groups is 1. The molecule has 0 bridgehead atoms. The lowest BCUT2D eigenvalue weighted by atomic mass is 10.1. The molecule has 210 valence electrons. The van der Waals surface area contributed by atoms with Crippen LogP contribution >= 0.6 is 22.7 Å². The summed E-state index contributed by atoms with van der Waals surface area (Å²) in [4.78, 5) is 26.0. The molecule has 1 saturated heterocycles. The summed E-state index contributed by atoms with van der Waals surface area (Å²) in [6, 6.07) is 10.7. The first-order chi connectivity index (χ1) is 19.0. The van der Waals surface area contributed by atoms with E-state index >= 15 is 0 Å². The number of unbranched alkanes of at least 4 members (excludes halogenated alkanes) is 2. The summed E-state index contributed by atoms with van der Waals surface area (Å²) < 4.78 is 1.13. The molecule has 0 aliphatic carbocycles. The molecule has 0 atom stereocenters. The number of aromatic nitrogens is 1. The summed E-state index contributed by atoms with van der Waals surface area (Å²) >= 11 is 3.24. The zero-order chi connectivity index (χ0) is 27.6. The van der Waals surface area contributed by atoms with Crippen LogP contribution in [0.5, 0.6) is 0 Å². The van der Waals surface area contributed by atoms with Crippen molar-refractivity contribution in [1.82, 2.24) is 14.8 Å². The molecule has 3 aromatic rings.